The maximum Gasteiger partial charge on any atom is 0.303 e. The van der Waals surface area contributed by atoms with Crippen LogP contribution in [0.5, 0.6) is 0 Å². The van der Waals surface area contributed by atoms with Crippen molar-refractivity contribution in [3.8, 4) is 0 Å². The van der Waals surface area contributed by atoms with E-state index in [1.54, 1.807) is 0 Å². The molecule has 0 saturated carbocycles. The fourth-order valence-electron chi connectivity index (χ4n) is 9.05. The van der Waals surface area contributed by atoms with Gasteiger partial charge >= 0.3 is 5.97 Å². The lowest BCUT2D eigenvalue weighted by atomic mass is 9.96. The monoisotopic (exact) mass is 1150 g/mol. The SMILES string of the molecule is CC(=O)O[C@@H]1[C@@H](O[C@@H]2[C@@H](OCCCC(Br)CBr)O[C@H](COCc3ccccc3)[C@@H](OCc3ccccc3)[C@@H]2OCc2ccccc2)O[C@H](COCc2ccccc2)[C@@H](OCc2ccccc2)[C@@H]1OCc1ccccc1. The summed E-state index contributed by atoms with van der Waals surface area (Å²) in [6.07, 6.45) is -7.88. The molecule has 2 aliphatic rings. The number of ether oxygens (including phenoxy) is 11. The van der Waals surface area contributed by atoms with Crippen LogP contribution in [0.4, 0.5) is 0 Å². The van der Waals surface area contributed by atoms with Crippen molar-refractivity contribution in [1.82, 2.24) is 0 Å². The van der Waals surface area contributed by atoms with Gasteiger partial charge in [0.05, 0.1) is 52.9 Å². The van der Waals surface area contributed by atoms with Crippen molar-refractivity contribution >= 4 is 37.8 Å². The Kier molecular flexibility index (Phi) is 23.3. The summed E-state index contributed by atoms with van der Waals surface area (Å²) in [5.41, 5.74) is 5.75. The molecule has 2 fully saturated rings. The van der Waals surface area contributed by atoms with Gasteiger partial charge in [0.25, 0.3) is 0 Å². The van der Waals surface area contributed by atoms with E-state index in [0.29, 0.717) is 26.2 Å². The van der Waals surface area contributed by atoms with E-state index in [-0.39, 0.29) is 44.5 Å². The number of benzene rings is 6. The highest BCUT2D eigenvalue weighted by Gasteiger charge is 2.55. The van der Waals surface area contributed by atoms with Crippen LogP contribution in [0.15, 0.2) is 182 Å². The van der Waals surface area contributed by atoms with Crippen LogP contribution in [-0.2, 0) is 96.5 Å². The van der Waals surface area contributed by atoms with Crippen molar-refractivity contribution in [1.29, 1.82) is 0 Å². The summed E-state index contributed by atoms with van der Waals surface area (Å²) in [6.45, 7) is 3.38. The first-order chi connectivity index (χ1) is 36.9. The number of hydrogen-bond acceptors (Lipinski definition) is 12. The average molecular weight is 1150 g/mol. The minimum Gasteiger partial charge on any atom is -0.454 e. The maximum absolute atomic E-state index is 13.5. The molecule has 0 amide bonds. The first-order valence-electron chi connectivity index (χ1n) is 25.7. The summed E-state index contributed by atoms with van der Waals surface area (Å²) in [5.74, 6) is -0.563. The van der Waals surface area contributed by atoms with Gasteiger partial charge in [0.1, 0.15) is 42.7 Å². The molecule has 1 unspecified atom stereocenters. The summed E-state index contributed by atoms with van der Waals surface area (Å²) in [7, 11) is 0. The molecule has 2 saturated heterocycles. The third-order valence-corrected chi connectivity index (χ3v) is 15.2. The third kappa shape index (κ3) is 18.0. The zero-order valence-corrected chi connectivity index (χ0v) is 45.5. The van der Waals surface area contributed by atoms with E-state index < -0.39 is 67.4 Å². The minimum atomic E-state index is -1.29. The zero-order valence-electron chi connectivity index (χ0n) is 42.3. The molecule has 11 atom stereocenters. The van der Waals surface area contributed by atoms with Gasteiger partial charge in [0.15, 0.2) is 18.7 Å². The quantitative estimate of drug-likeness (QED) is 0.0253. The normalized spacial score (nSPS) is 24.1. The number of carbonyl (C=O) groups is 1. The Bertz CT molecular complexity index is 2480. The van der Waals surface area contributed by atoms with Crippen molar-refractivity contribution in [3.05, 3.63) is 215 Å². The lowest BCUT2D eigenvalue weighted by Crippen LogP contribution is -2.66. The Morgan fingerprint density at radius 3 is 1.17 bits per heavy atom. The van der Waals surface area contributed by atoms with E-state index in [4.69, 9.17) is 52.1 Å². The lowest BCUT2D eigenvalue weighted by Gasteiger charge is -2.50. The predicted octanol–water partition coefficient (Wildman–Crippen LogP) is 11.5. The number of esters is 1. The molecule has 8 rings (SSSR count). The van der Waals surface area contributed by atoms with Crippen LogP contribution in [0.1, 0.15) is 53.1 Å². The highest BCUT2D eigenvalue weighted by Crippen LogP contribution is 2.37. The first-order valence-corrected chi connectivity index (χ1v) is 27.7. The van der Waals surface area contributed by atoms with Gasteiger partial charge < -0.3 is 52.1 Å². The fourth-order valence-corrected chi connectivity index (χ4v) is 9.70. The van der Waals surface area contributed by atoms with E-state index in [0.717, 1.165) is 45.1 Å². The summed E-state index contributed by atoms with van der Waals surface area (Å²) in [6, 6.07) is 59.5. The van der Waals surface area contributed by atoms with Gasteiger partial charge in [0.2, 0.25) is 0 Å². The fraction of sp³-hybridized carbons (Fsp3) is 0.393. The number of carbonyl (C=O) groups excluding carboxylic acids is 1. The van der Waals surface area contributed by atoms with Crippen molar-refractivity contribution in [2.24, 2.45) is 0 Å². The second-order valence-corrected chi connectivity index (χ2v) is 20.5. The smallest absolute Gasteiger partial charge is 0.303 e. The summed E-state index contributed by atoms with van der Waals surface area (Å²) >= 11 is 7.35. The molecule has 0 N–H and O–H groups in total. The molecule has 6 aromatic carbocycles. The molecule has 14 heteroatoms. The van der Waals surface area contributed by atoms with Crippen LogP contribution >= 0.6 is 31.9 Å². The summed E-state index contributed by atoms with van der Waals surface area (Å²) in [4.78, 5) is 13.7. The molecular formula is C61H68Br2O12. The maximum atomic E-state index is 13.5. The molecule has 75 heavy (non-hydrogen) atoms. The molecule has 0 aliphatic carbocycles. The third-order valence-electron chi connectivity index (χ3n) is 12.8. The van der Waals surface area contributed by atoms with E-state index in [2.05, 4.69) is 31.9 Å². The minimum absolute atomic E-state index is 0.0755. The lowest BCUT2D eigenvalue weighted by molar-refractivity contribution is -0.380. The van der Waals surface area contributed by atoms with Crippen molar-refractivity contribution in [2.75, 3.05) is 25.2 Å². The molecule has 12 nitrogen and oxygen atoms in total. The topological polar surface area (TPSA) is 119 Å². The van der Waals surface area contributed by atoms with Crippen LogP contribution in [0, 0.1) is 0 Å². The van der Waals surface area contributed by atoms with E-state index >= 15 is 0 Å². The Morgan fingerprint density at radius 2 is 0.800 bits per heavy atom. The molecule has 0 radical (unpaired) electrons. The van der Waals surface area contributed by atoms with Gasteiger partial charge in [-0.1, -0.05) is 214 Å². The van der Waals surface area contributed by atoms with E-state index in [1.165, 1.54) is 6.92 Å². The van der Waals surface area contributed by atoms with Crippen molar-refractivity contribution in [2.45, 2.75) is 126 Å². The Morgan fingerprint density at radius 1 is 0.453 bits per heavy atom. The van der Waals surface area contributed by atoms with Crippen LogP contribution in [0.2, 0.25) is 0 Å². The Labute approximate surface area is 458 Å². The molecule has 0 bridgehead atoms. The molecule has 398 valence electrons. The molecule has 0 spiro atoms. The zero-order chi connectivity index (χ0) is 51.9. The second-order valence-electron chi connectivity index (χ2n) is 18.6. The molecular weight excluding hydrogens is 1080 g/mol. The summed E-state index contributed by atoms with van der Waals surface area (Å²) < 4.78 is 75.3. The second kappa shape index (κ2) is 30.9. The standard InChI is InChI=1S/C61H68Br2O12/c1-44(64)72-59-57(71-41-50-31-18-7-19-32-50)55(69-39-48-27-14-5-15-28-48)53(43-66-37-46-23-10-3-11-24-46)74-61(59)75-58-56(70-40-49-29-16-6-17-30-49)54(68-38-47-25-12-4-13-26-47)52(42-65-36-45-21-8-2-9-22-45)73-60(58)67-34-20-33-51(63)35-62/h2-19,21-32,51-61H,20,33-43H2,1H3/t51?,52-,53-,54-,55-,56+,57+,58+,59+,60+,61-/m1/s1. The molecule has 0 aromatic heterocycles. The van der Waals surface area contributed by atoms with Crippen LogP contribution in [0.3, 0.4) is 0 Å². The van der Waals surface area contributed by atoms with Gasteiger partial charge in [-0.05, 0) is 46.2 Å². The number of halogens is 2. The van der Waals surface area contributed by atoms with Crippen LogP contribution in [-0.4, -0.2) is 97.4 Å². The van der Waals surface area contributed by atoms with Crippen molar-refractivity contribution < 1.29 is 56.9 Å². The number of rotatable bonds is 29. The predicted molar refractivity (Wildman–Crippen MR) is 292 cm³/mol. The number of hydrogen-bond donors (Lipinski definition) is 0. The summed E-state index contributed by atoms with van der Waals surface area (Å²) in [5, 5.41) is 0.783. The molecule has 2 heterocycles. The van der Waals surface area contributed by atoms with Gasteiger partial charge in [-0.2, -0.15) is 0 Å². The Hall–Kier alpha value is -4.65. The molecule has 6 aromatic rings. The highest BCUT2D eigenvalue weighted by molar-refractivity contribution is 9.12. The highest BCUT2D eigenvalue weighted by atomic mass is 79.9. The molecule has 2 aliphatic heterocycles. The van der Waals surface area contributed by atoms with E-state index in [1.807, 2.05) is 182 Å². The van der Waals surface area contributed by atoms with Gasteiger partial charge in [-0.15, -0.1) is 0 Å². The van der Waals surface area contributed by atoms with Gasteiger partial charge in [0, 0.05) is 23.7 Å². The van der Waals surface area contributed by atoms with Crippen LogP contribution < -0.4 is 0 Å². The van der Waals surface area contributed by atoms with Crippen LogP contribution in [0.25, 0.3) is 0 Å². The first kappa shape index (κ1) is 56.6. The van der Waals surface area contributed by atoms with Gasteiger partial charge in [-0.3, -0.25) is 4.79 Å². The number of alkyl halides is 2. The van der Waals surface area contributed by atoms with Gasteiger partial charge in [-0.25, -0.2) is 0 Å². The average Bonchev–Trinajstić information content (AvgIpc) is 3.45. The van der Waals surface area contributed by atoms with Crippen molar-refractivity contribution in [3.63, 3.8) is 0 Å². The largest absolute Gasteiger partial charge is 0.454 e. The van der Waals surface area contributed by atoms with E-state index in [9.17, 15) is 4.79 Å². The Balaban J connectivity index is 1.18.